The Morgan fingerprint density at radius 2 is 2.00 bits per heavy atom. The van der Waals surface area contributed by atoms with Crippen LogP contribution in [0.4, 0.5) is 0 Å². The fraction of sp³-hybridized carbons (Fsp3) is 0.455. The summed E-state index contributed by atoms with van der Waals surface area (Å²) < 4.78 is 0.979. The molecule has 0 saturated heterocycles. The maximum Gasteiger partial charge on any atom is 0.0761 e. The van der Waals surface area contributed by atoms with E-state index in [2.05, 4.69) is 15.9 Å². The van der Waals surface area contributed by atoms with Crippen LogP contribution in [0.1, 0.15) is 24.4 Å². The molecule has 0 amide bonds. The fourth-order valence-corrected chi connectivity index (χ4v) is 2.21. The molecule has 0 heterocycles. The Morgan fingerprint density at radius 1 is 1.36 bits per heavy atom. The molecule has 1 aromatic carbocycles. The van der Waals surface area contributed by atoms with E-state index >= 15 is 0 Å². The Bertz CT molecular complexity index is 325. The molecule has 2 atom stereocenters. The van der Waals surface area contributed by atoms with Gasteiger partial charge in [0.2, 0.25) is 0 Å². The number of aliphatic hydroxyl groups is 1. The third-order valence-electron chi connectivity index (χ3n) is 2.74. The summed E-state index contributed by atoms with van der Waals surface area (Å²) in [5, 5.41) is 9.89. The molecule has 3 heteroatoms. The third kappa shape index (κ3) is 2.00. The Morgan fingerprint density at radius 3 is 2.57 bits per heavy atom. The Kier molecular flexibility index (Phi) is 2.91. The molecule has 1 aliphatic carbocycles. The molecule has 2 nitrogen and oxygen atoms in total. The van der Waals surface area contributed by atoms with Gasteiger partial charge >= 0.3 is 0 Å². The summed E-state index contributed by atoms with van der Waals surface area (Å²) in [5.41, 5.74) is 6.99. The minimum absolute atomic E-state index is 0.266. The van der Waals surface area contributed by atoms with Gasteiger partial charge in [-0.15, -0.1) is 0 Å². The zero-order valence-electron chi connectivity index (χ0n) is 7.86. The van der Waals surface area contributed by atoms with Gasteiger partial charge in [0.25, 0.3) is 0 Å². The molecule has 1 saturated carbocycles. The summed E-state index contributed by atoms with van der Waals surface area (Å²) in [4.78, 5) is 0. The summed E-state index contributed by atoms with van der Waals surface area (Å²) in [6, 6.07) is 7.54. The first-order valence-corrected chi connectivity index (χ1v) is 5.67. The van der Waals surface area contributed by atoms with E-state index in [0.717, 1.165) is 22.9 Å². The highest BCUT2D eigenvalue weighted by Gasteiger charge is 2.34. The maximum atomic E-state index is 9.89. The van der Waals surface area contributed by atoms with E-state index in [4.69, 9.17) is 5.73 Å². The summed E-state index contributed by atoms with van der Waals surface area (Å²) in [6.45, 7) is 0. The SMILES string of the molecule is NC(c1ccccc1Br)C(O)C1CC1. The lowest BCUT2D eigenvalue weighted by atomic mass is 9.99. The first-order chi connectivity index (χ1) is 6.70. The normalized spacial score (nSPS) is 20.5. The van der Waals surface area contributed by atoms with Crippen molar-refractivity contribution in [3.63, 3.8) is 0 Å². The quantitative estimate of drug-likeness (QED) is 0.871. The first-order valence-electron chi connectivity index (χ1n) is 4.88. The van der Waals surface area contributed by atoms with Crippen LogP contribution in [0, 0.1) is 5.92 Å². The van der Waals surface area contributed by atoms with Gasteiger partial charge in [-0.1, -0.05) is 34.1 Å². The molecular formula is C11H14BrNO. The highest BCUT2D eigenvalue weighted by atomic mass is 79.9. The van der Waals surface area contributed by atoms with Gasteiger partial charge in [-0.2, -0.15) is 0 Å². The topological polar surface area (TPSA) is 46.2 Å². The van der Waals surface area contributed by atoms with Gasteiger partial charge in [-0.3, -0.25) is 0 Å². The van der Waals surface area contributed by atoms with E-state index in [9.17, 15) is 5.11 Å². The second-order valence-electron chi connectivity index (χ2n) is 3.88. The van der Waals surface area contributed by atoms with Crippen LogP contribution < -0.4 is 5.73 Å². The molecule has 0 aromatic heterocycles. The van der Waals surface area contributed by atoms with Crippen molar-refractivity contribution < 1.29 is 5.11 Å². The standard InChI is InChI=1S/C11H14BrNO/c12-9-4-2-1-3-8(9)10(13)11(14)7-5-6-7/h1-4,7,10-11,14H,5-6,13H2. The van der Waals surface area contributed by atoms with Crippen LogP contribution >= 0.6 is 15.9 Å². The number of benzene rings is 1. The molecule has 14 heavy (non-hydrogen) atoms. The van der Waals surface area contributed by atoms with Crippen molar-refractivity contribution in [2.45, 2.75) is 25.0 Å². The lowest BCUT2D eigenvalue weighted by Crippen LogP contribution is -2.28. The average Bonchev–Trinajstić information content (AvgIpc) is 3.00. The molecule has 3 N–H and O–H groups in total. The molecule has 1 aliphatic rings. The molecule has 2 unspecified atom stereocenters. The molecular weight excluding hydrogens is 242 g/mol. The predicted molar refractivity (Wildman–Crippen MR) is 59.8 cm³/mol. The number of halogens is 1. The van der Waals surface area contributed by atoms with Crippen molar-refractivity contribution in [2.75, 3.05) is 0 Å². The van der Waals surface area contributed by atoms with Gasteiger partial charge in [0.15, 0.2) is 0 Å². The minimum atomic E-state index is -0.395. The van der Waals surface area contributed by atoms with Gasteiger partial charge < -0.3 is 10.8 Å². The average molecular weight is 256 g/mol. The van der Waals surface area contributed by atoms with E-state index in [1.54, 1.807) is 0 Å². The Balaban J connectivity index is 2.17. The fourth-order valence-electron chi connectivity index (χ4n) is 1.66. The van der Waals surface area contributed by atoms with Crippen molar-refractivity contribution in [1.29, 1.82) is 0 Å². The van der Waals surface area contributed by atoms with Crippen molar-refractivity contribution in [1.82, 2.24) is 0 Å². The molecule has 0 aliphatic heterocycles. The Hall–Kier alpha value is -0.380. The lowest BCUT2D eigenvalue weighted by Gasteiger charge is -2.19. The van der Waals surface area contributed by atoms with Crippen LogP contribution in [0.2, 0.25) is 0 Å². The van der Waals surface area contributed by atoms with Crippen LogP contribution in [0.15, 0.2) is 28.7 Å². The van der Waals surface area contributed by atoms with Crippen molar-refractivity contribution >= 4 is 15.9 Å². The van der Waals surface area contributed by atoms with Crippen molar-refractivity contribution in [2.24, 2.45) is 11.7 Å². The van der Waals surface area contributed by atoms with Gasteiger partial charge in [0.1, 0.15) is 0 Å². The van der Waals surface area contributed by atoms with Gasteiger partial charge in [0, 0.05) is 4.47 Å². The van der Waals surface area contributed by atoms with E-state index in [1.165, 1.54) is 0 Å². The zero-order chi connectivity index (χ0) is 10.1. The number of hydrogen-bond acceptors (Lipinski definition) is 2. The molecule has 0 spiro atoms. The summed E-state index contributed by atoms with van der Waals surface area (Å²) >= 11 is 3.44. The summed E-state index contributed by atoms with van der Waals surface area (Å²) in [6.07, 6.45) is 1.83. The van der Waals surface area contributed by atoms with Crippen LogP contribution in [0.25, 0.3) is 0 Å². The highest BCUT2D eigenvalue weighted by molar-refractivity contribution is 9.10. The molecule has 0 radical (unpaired) electrons. The minimum Gasteiger partial charge on any atom is -0.391 e. The third-order valence-corrected chi connectivity index (χ3v) is 3.46. The zero-order valence-corrected chi connectivity index (χ0v) is 9.44. The molecule has 1 aromatic rings. The Labute approximate surface area is 92.3 Å². The molecule has 76 valence electrons. The molecule has 0 bridgehead atoms. The highest BCUT2D eigenvalue weighted by Crippen LogP contribution is 2.38. The number of hydrogen-bond donors (Lipinski definition) is 2. The van der Waals surface area contributed by atoms with Crippen molar-refractivity contribution in [3.8, 4) is 0 Å². The maximum absolute atomic E-state index is 9.89. The van der Waals surface area contributed by atoms with Gasteiger partial charge in [0.05, 0.1) is 12.1 Å². The summed E-state index contributed by atoms with van der Waals surface area (Å²) in [5.74, 6) is 0.414. The molecule has 2 rings (SSSR count). The number of nitrogens with two attached hydrogens (primary N) is 1. The first kappa shape index (κ1) is 10.1. The smallest absolute Gasteiger partial charge is 0.0761 e. The van der Waals surface area contributed by atoms with Gasteiger partial charge in [-0.05, 0) is 30.4 Å². The summed E-state index contributed by atoms with van der Waals surface area (Å²) in [7, 11) is 0. The van der Waals surface area contributed by atoms with E-state index < -0.39 is 6.10 Å². The van der Waals surface area contributed by atoms with Crippen LogP contribution in [0.3, 0.4) is 0 Å². The number of aliphatic hydroxyl groups excluding tert-OH is 1. The van der Waals surface area contributed by atoms with E-state index in [0.29, 0.717) is 5.92 Å². The van der Waals surface area contributed by atoms with Crippen LogP contribution in [-0.2, 0) is 0 Å². The predicted octanol–water partition coefficient (Wildman–Crippen LogP) is 2.22. The van der Waals surface area contributed by atoms with Crippen LogP contribution in [0.5, 0.6) is 0 Å². The van der Waals surface area contributed by atoms with E-state index in [1.807, 2.05) is 24.3 Å². The second kappa shape index (κ2) is 4.01. The van der Waals surface area contributed by atoms with Crippen LogP contribution in [-0.4, -0.2) is 11.2 Å². The lowest BCUT2D eigenvalue weighted by molar-refractivity contribution is 0.122. The van der Waals surface area contributed by atoms with E-state index in [-0.39, 0.29) is 6.04 Å². The van der Waals surface area contributed by atoms with Crippen molar-refractivity contribution in [3.05, 3.63) is 34.3 Å². The molecule has 1 fully saturated rings. The number of rotatable bonds is 3. The largest absolute Gasteiger partial charge is 0.391 e. The van der Waals surface area contributed by atoms with Gasteiger partial charge in [-0.25, -0.2) is 0 Å². The monoisotopic (exact) mass is 255 g/mol. The second-order valence-corrected chi connectivity index (χ2v) is 4.73.